The van der Waals surface area contributed by atoms with Crippen molar-refractivity contribution in [2.45, 2.75) is 19.1 Å². The fraction of sp³-hybridized carbons (Fsp3) is 0.333. The topological polar surface area (TPSA) is 42.7 Å². The lowest BCUT2D eigenvalue weighted by Crippen LogP contribution is -2.10. The van der Waals surface area contributed by atoms with E-state index in [0.717, 1.165) is 12.1 Å². The number of alkyl halides is 3. The molecule has 108 valence electrons. The summed E-state index contributed by atoms with van der Waals surface area (Å²) < 4.78 is 52.2. The van der Waals surface area contributed by atoms with Crippen molar-refractivity contribution in [3.05, 3.63) is 42.0 Å². The molecule has 0 fully saturated rings. The molecule has 1 N–H and O–H groups in total. The number of aryl methyl sites for hydroxylation is 1. The molecule has 0 unspecified atom stereocenters. The summed E-state index contributed by atoms with van der Waals surface area (Å²) in [6.07, 6.45) is -0.655. The molecule has 0 saturated carbocycles. The number of nitrogens with zero attached hydrogens (tertiary/aromatic N) is 3. The van der Waals surface area contributed by atoms with E-state index in [1.807, 2.05) is 0 Å². The van der Waals surface area contributed by atoms with Gasteiger partial charge in [-0.05, 0) is 24.6 Å². The van der Waals surface area contributed by atoms with Crippen LogP contribution in [0.1, 0.15) is 12.0 Å². The monoisotopic (exact) mass is 288 g/mol. The standard InChI is InChI=1S/C12H12F4N4/c13-10-8-9(12(14,15)16)2-3-11(10)17-4-1-6-20-7-5-18-19-20/h2-3,5,7-8,17H,1,4,6H2. The first kappa shape index (κ1) is 14.3. The molecule has 0 atom stereocenters. The molecule has 20 heavy (non-hydrogen) atoms. The van der Waals surface area contributed by atoms with Crippen LogP contribution in [0.3, 0.4) is 0 Å². The van der Waals surface area contributed by atoms with Crippen LogP contribution in [0.4, 0.5) is 23.2 Å². The lowest BCUT2D eigenvalue weighted by atomic mass is 10.2. The van der Waals surface area contributed by atoms with Crippen molar-refractivity contribution in [3.63, 3.8) is 0 Å². The quantitative estimate of drug-likeness (QED) is 0.679. The van der Waals surface area contributed by atoms with Crippen molar-refractivity contribution < 1.29 is 17.6 Å². The van der Waals surface area contributed by atoms with E-state index in [4.69, 9.17) is 0 Å². The van der Waals surface area contributed by atoms with Crippen LogP contribution < -0.4 is 5.32 Å². The zero-order valence-corrected chi connectivity index (χ0v) is 10.4. The Kier molecular flexibility index (Phi) is 4.21. The van der Waals surface area contributed by atoms with Crippen LogP contribution in [0.15, 0.2) is 30.6 Å². The molecule has 0 spiro atoms. The predicted octanol–water partition coefficient (Wildman–Crippen LogP) is 2.94. The second-order valence-corrected chi connectivity index (χ2v) is 4.14. The van der Waals surface area contributed by atoms with E-state index in [2.05, 4.69) is 15.6 Å². The van der Waals surface area contributed by atoms with Crippen LogP contribution in [0.25, 0.3) is 0 Å². The minimum atomic E-state index is -4.54. The van der Waals surface area contributed by atoms with E-state index in [1.54, 1.807) is 17.1 Å². The zero-order chi connectivity index (χ0) is 14.6. The Morgan fingerprint density at radius 2 is 2.05 bits per heavy atom. The molecule has 8 heteroatoms. The van der Waals surface area contributed by atoms with Crippen LogP contribution in [0.5, 0.6) is 0 Å². The smallest absolute Gasteiger partial charge is 0.383 e. The highest BCUT2D eigenvalue weighted by Crippen LogP contribution is 2.31. The Balaban J connectivity index is 1.87. The molecule has 0 radical (unpaired) electrons. The van der Waals surface area contributed by atoms with Crippen LogP contribution in [-0.2, 0) is 12.7 Å². The summed E-state index contributed by atoms with van der Waals surface area (Å²) in [5, 5.41) is 10.1. The van der Waals surface area contributed by atoms with E-state index in [9.17, 15) is 17.6 Å². The van der Waals surface area contributed by atoms with Crippen molar-refractivity contribution in [1.82, 2.24) is 15.0 Å². The van der Waals surface area contributed by atoms with Crippen LogP contribution in [0.2, 0.25) is 0 Å². The molecule has 0 aliphatic carbocycles. The fourth-order valence-electron chi connectivity index (χ4n) is 1.65. The normalized spacial score (nSPS) is 11.6. The first-order chi connectivity index (χ1) is 9.47. The van der Waals surface area contributed by atoms with E-state index in [0.29, 0.717) is 25.6 Å². The molecular weight excluding hydrogens is 276 g/mol. The van der Waals surface area contributed by atoms with Gasteiger partial charge in [-0.1, -0.05) is 5.21 Å². The predicted molar refractivity (Wildman–Crippen MR) is 64.5 cm³/mol. The largest absolute Gasteiger partial charge is 0.416 e. The zero-order valence-electron chi connectivity index (χ0n) is 10.4. The summed E-state index contributed by atoms with van der Waals surface area (Å²) >= 11 is 0. The SMILES string of the molecule is Fc1cc(C(F)(F)F)ccc1NCCCn1ccnn1. The van der Waals surface area contributed by atoms with Gasteiger partial charge in [0.05, 0.1) is 17.4 Å². The number of nitrogens with one attached hydrogen (secondary N) is 1. The maximum Gasteiger partial charge on any atom is 0.416 e. The van der Waals surface area contributed by atoms with E-state index in [-0.39, 0.29) is 5.69 Å². The second kappa shape index (κ2) is 5.89. The molecule has 0 amide bonds. The second-order valence-electron chi connectivity index (χ2n) is 4.14. The van der Waals surface area contributed by atoms with Crippen LogP contribution >= 0.6 is 0 Å². The maximum atomic E-state index is 13.5. The van der Waals surface area contributed by atoms with Crippen LogP contribution in [0, 0.1) is 5.82 Å². The Labute approximate surface area is 112 Å². The molecule has 4 nitrogen and oxygen atoms in total. The first-order valence-corrected chi connectivity index (χ1v) is 5.91. The summed E-state index contributed by atoms with van der Waals surface area (Å²) in [6.45, 7) is 1.01. The number of halogens is 4. The van der Waals surface area contributed by atoms with Gasteiger partial charge in [-0.25, -0.2) is 4.39 Å². The average molecular weight is 288 g/mol. The number of rotatable bonds is 5. The van der Waals surface area contributed by atoms with Crippen molar-refractivity contribution in [2.75, 3.05) is 11.9 Å². The summed E-state index contributed by atoms with van der Waals surface area (Å²) in [5.74, 6) is -0.916. The van der Waals surface area contributed by atoms with Gasteiger partial charge in [0, 0.05) is 19.3 Å². The fourth-order valence-corrected chi connectivity index (χ4v) is 1.65. The van der Waals surface area contributed by atoms with Gasteiger partial charge >= 0.3 is 6.18 Å². The van der Waals surface area contributed by atoms with E-state index < -0.39 is 17.6 Å². The molecule has 0 aliphatic rings. The molecule has 0 aliphatic heterocycles. The Hall–Kier alpha value is -2.12. The highest BCUT2D eigenvalue weighted by molar-refractivity contribution is 5.46. The Morgan fingerprint density at radius 3 is 2.65 bits per heavy atom. The lowest BCUT2D eigenvalue weighted by Gasteiger charge is -2.11. The molecule has 1 aromatic heterocycles. The third-order valence-electron chi connectivity index (χ3n) is 2.65. The van der Waals surface area contributed by atoms with Crippen LogP contribution in [-0.4, -0.2) is 21.5 Å². The van der Waals surface area contributed by atoms with Crippen molar-refractivity contribution in [3.8, 4) is 0 Å². The van der Waals surface area contributed by atoms with E-state index >= 15 is 0 Å². The van der Waals surface area contributed by atoms with Gasteiger partial charge in [0.1, 0.15) is 5.82 Å². The number of hydrogen-bond donors (Lipinski definition) is 1. The van der Waals surface area contributed by atoms with Gasteiger partial charge in [-0.15, -0.1) is 5.10 Å². The minimum absolute atomic E-state index is 0.0524. The highest BCUT2D eigenvalue weighted by atomic mass is 19.4. The van der Waals surface area contributed by atoms with Crippen molar-refractivity contribution >= 4 is 5.69 Å². The van der Waals surface area contributed by atoms with Gasteiger partial charge in [0.2, 0.25) is 0 Å². The number of aromatic nitrogens is 3. The lowest BCUT2D eigenvalue weighted by molar-refractivity contribution is -0.137. The number of hydrogen-bond acceptors (Lipinski definition) is 3. The van der Waals surface area contributed by atoms with Crippen molar-refractivity contribution in [2.24, 2.45) is 0 Å². The summed E-state index contributed by atoms with van der Waals surface area (Å²) in [6, 6.07) is 2.43. The summed E-state index contributed by atoms with van der Waals surface area (Å²) in [4.78, 5) is 0. The molecular formula is C12H12F4N4. The summed E-state index contributed by atoms with van der Waals surface area (Å²) in [7, 11) is 0. The number of anilines is 1. The molecule has 2 aromatic rings. The minimum Gasteiger partial charge on any atom is -0.383 e. The summed E-state index contributed by atoms with van der Waals surface area (Å²) in [5.41, 5.74) is -0.945. The Morgan fingerprint density at radius 1 is 1.25 bits per heavy atom. The van der Waals surface area contributed by atoms with Gasteiger partial charge in [0.25, 0.3) is 0 Å². The van der Waals surface area contributed by atoms with Gasteiger partial charge in [0.15, 0.2) is 0 Å². The van der Waals surface area contributed by atoms with Crippen molar-refractivity contribution in [1.29, 1.82) is 0 Å². The molecule has 2 rings (SSSR count). The van der Waals surface area contributed by atoms with Gasteiger partial charge in [-0.3, -0.25) is 4.68 Å². The molecule has 0 bridgehead atoms. The highest BCUT2D eigenvalue weighted by Gasteiger charge is 2.31. The average Bonchev–Trinajstić information content (AvgIpc) is 2.88. The molecule has 1 aromatic carbocycles. The van der Waals surface area contributed by atoms with E-state index in [1.165, 1.54) is 0 Å². The van der Waals surface area contributed by atoms with Gasteiger partial charge < -0.3 is 5.32 Å². The first-order valence-electron chi connectivity index (χ1n) is 5.91. The molecule has 0 saturated heterocycles. The van der Waals surface area contributed by atoms with Gasteiger partial charge in [-0.2, -0.15) is 13.2 Å². The Bertz CT molecular complexity index is 551. The third kappa shape index (κ3) is 3.69. The number of benzene rings is 1. The third-order valence-corrected chi connectivity index (χ3v) is 2.65. The molecule has 1 heterocycles. The maximum absolute atomic E-state index is 13.5.